The second kappa shape index (κ2) is 6.17. The van der Waals surface area contributed by atoms with Crippen LogP contribution in [0.15, 0.2) is 29.2 Å². The van der Waals surface area contributed by atoms with Crippen LogP contribution >= 0.6 is 0 Å². The van der Waals surface area contributed by atoms with Gasteiger partial charge < -0.3 is 5.32 Å². The summed E-state index contributed by atoms with van der Waals surface area (Å²) in [6.07, 6.45) is 3.27. The quantitative estimate of drug-likeness (QED) is 0.791. The van der Waals surface area contributed by atoms with E-state index in [0.717, 1.165) is 19.4 Å². The smallest absolute Gasteiger partial charge is 0.175 e. The van der Waals surface area contributed by atoms with E-state index in [2.05, 4.69) is 19.2 Å². The molecule has 0 fully saturated rings. The Hall–Kier alpha value is -0.870. The van der Waals surface area contributed by atoms with Crippen LogP contribution in [0.1, 0.15) is 25.8 Å². The van der Waals surface area contributed by atoms with Crippen molar-refractivity contribution in [1.29, 1.82) is 0 Å². The molecule has 0 heterocycles. The molecule has 3 nitrogen and oxygen atoms in total. The van der Waals surface area contributed by atoms with Gasteiger partial charge in [0.2, 0.25) is 0 Å². The monoisotopic (exact) mass is 255 g/mol. The summed E-state index contributed by atoms with van der Waals surface area (Å²) in [6.45, 7) is 5.24. The molecular formula is C13H21NO2S. The largest absolute Gasteiger partial charge is 0.315 e. The van der Waals surface area contributed by atoms with E-state index in [1.807, 2.05) is 12.1 Å². The average Bonchev–Trinajstić information content (AvgIpc) is 2.23. The van der Waals surface area contributed by atoms with Gasteiger partial charge in [-0.15, -0.1) is 0 Å². The van der Waals surface area contributed by atoms with Gasteiger partial charge in [0.25, 0.3) is 0 Å². The van der Waals surface area contributed by atoms with E-state index >= 15 is 0 Å². The molecule has 0 aromatic heterocycles. The zero-order chi connectivity index (χ0) is 12.9. The number of sulfone groups is 1. The third kappa shape index (κ3) is 5.33. The Morgan fingerprint density at radius 1 is 1.18 bits per heavy atom. The van der Waals surface area contributed by atoms with Crippen LogP contribution in [0.5, 0.6) is 0 Å². The fourth-order valence-corrected chi connectivity index (χ4v) is 2.22. The molecular weight excluding hydrogens is 234 g/mol. The zero-order valence-corrected chi connectivity index (χ0v) is 11.5. The standard InChI is InChI=1S/C13H21NO2S/c1-11(2)14-10-4-5-12-6-8-13(9-7-12)17(3,15)16/h6-9,11,14H,4-5,10H2,1-3H3. The van der Waals surface area contributed by atoms with E-state index in [9.17, 15) is 8.42 Å². The highest BCUT2D eigenvalue weighted by Gasteiger charge is 2.05. The molecule has 0 spiro atoms. The van der Waals surface area contributed by atoms with E-state index in [1.54, 1.807) is 12.1 Å². The van der Waals surface area contributed by atoms with E-state index in [4.69, 9.17) is 0 Å². The van der Waals surface area contributed by atoms with Gasteiger partial charge in [-0.2, -0.15) is 0 Å². The van der Waals surface area contributed by atoms with Crippen LogP contribution < -0.4 is 5.32 Å². The van der Waals surface area contributed by atoms with Gasteiger partial charge >= 0.3 is 0 Å². The van der Waals surface area contributed by atoms with E-state index < -0.39 is 9.84 Å². The second-order valence-corrected chi connectivity index (χ2v) is 6.64. The topological polar surface area (TPSA) is 46.2 Å². The van der Waals surface area contributed by atoms with Gasteiger partial charge in [0, 0.05) is 12.3 Å². The normalized spacial score (nSPS) is 12.0. The molecule has 1 rings (SSSR count). The van der Waals surface area contributed by atoms with Crippen molar-refractivity contribution in [3.63, 3.8) is 0 Å². The van der Waals surface area contributed by atoms with Crippen molar-refractivity contribution in [1.82, 2.24) is 5.32 Å². The van der Waals surface area contributed by atoms with Gasteiger partial charge in [-0.25, -0.2) is 8.42 Å². The van der Waals surface area contributed by atoms with E-state index in [1.165, 1.54) is 11.8 Å². The molecule has 0 saturated carbocycles. The maximum absolute atomic E-state index is 11.3. The van der Waals surface area contributed by atoms with Crippen LogP contribution in [-0.2, 0) is 16.3 Å². The molecule has 96 valence electrons. The summed E-state index contributed by atoms with van der Waals surface area (Å²) in [4.78, 5) is 0.390. The molecule has 0 saturated heterocycles. The van der Waals surface area contributed by atoms with Gasteiger partial charge in [-0.05, 0) is 37.1 Å². The van der Waals surface area contributed by atoms with Crippen molar-refractivity contribution in [2.24, 2.45) is 0 Å². The summed E-state index contributed by atoms with van der Waals surface area (Å²) in [5, 5.41) is 3.36. The summed E-state index contributed by atoms with van der Waals surface area (Å²) in [7, 11) is -3.07. The van der Waals surface area contributed by atoms with Gasteiger partial charge in [0.05, 0.1) is 4.90 Å². The van der Waals surface area contributed by atoms with Gasteiger partial charge in [-0.3, -0.25) is 0 Å². The molecule has 0 amide bonds. The lowest BCUT2D eigenvalue weighted by molar-refractivity contribution is 0.570. The first kappa shape index (κ1) is 14.2. The maximum atomic E-state index is 11.3. The van der Waals surface area contributed by atoms with Crippen molar-refractivity contribution in [3.8, 4) is 0 Å². The fraction of sp³-hybridized carbons (Fsp3) is 0.538. The minimum absolute atomic E-state index is 0.390. The maximum Gasteiger partial charge on any atom is 0.175 e. The summed E-state index contributed by atoms with van der Waals surface area (Å²) in [6, 6.07) is 7.67. The highest BCUT2D eigenvalue weighted by Crippen LogP contribution is 2.11. The van der Waals surface area contributed by atoms with Crippen LogP contribution in [0.2, 0.25) is 0 Å². The summed E-state index contributed by atoms with van der Waals surface area (Å²) >= 11 is 0. The van der Waals surface area contributed by atoms with Crippen molar-refractivity contribution in [3.05, 3.63) is 29.8 Å². The summed E-state index contributed by atoms with van der Waals surface area (Å²) < 4.78 is 22.5. The Balaban J connectivity index is 2.46. The fourth-order valence-electron chi connectivity index (χ4n) is 1.59. The van der Waals surface area contributed by atoms with Crippen LogP contribution in [0.4, 0.5) is 0 Å². The molecule has 4 heteroatoms. The van der Waals surface area contributed by atoms with Gasteiger partial charge in [-0.1, -0.05) is 26.0 Å². The van der Waals surface area contributed by atoms with Gasteiger partial charge in [0.1, 0.15) is 0 Å². The molecule has 1 aromatic carbocycles. The van der Waals surface area contributed by atoms with Crippen LogP contribution in [-0.4, -0.2) is 27.3 Å². The lowest BCUT2D eigenvalue weighted by Gasteiger charge is -2.07. The molecule has 0 atom stereocenters. The third-order valence-corrected chi connectivity index (χ3v) is 3.67. The number of rotatable bonds is 6. The Labute approximate surface area is 104 Å². The number of hydrogen-bond donors (Lipinski definition) is 1. The Bertz CT molecular complexity index is 435. The molecule has 0 aliphatic rings. The first-order chi connectivity index (χ1) is 7.89. The number of aryl methyl sites for hydroxylation is 1. The average molecular weight is 255 g/mol. The predicted molar refractivity (Wildman–Crippen MR) is 71.0 cm³/mol. The Morgan fingerprint density at radius 2 is 1.76 bits per heavy atom. The van der Waals surface area contributed by atoms with Gasteiger partial charge in [0.15, 0.2) is 9.84 Å². The molecule has 1 aromatic rings. The Morgan fingerprint density at radius 3 is 2.24 bits per heavy atom. The third-order valence-electron chi connectivity index (χ3n) is 2.55. The number of nitrogens with one attached hydrogen (secondary N) is 1. The van der Waals surface area contributed by atoms with Crippen molar-refractivity contribution < 1.29 is 8.42 Å². The lowest BCUT2D eigenvalue weighted by atomic mass is 10.1. The first-order valence-corrected chi connectivity index (χ1v) is 7.81. The molecule has 0 bridgehead atoms. The molecule has 0 radical (unpaired) electrons. The van der Waals surface area contributed by atoms with Crippen LogP contribution in [0.25, 0.3) is 0 Å². The number of hydrogen-bond acceptors (Lipinski definition) is 3. The van der Waals surface area contributed by atoms with Crippen molar-refractivity contribution >= 4 is 9.84 Å². The van der Waals surface area contributed by atoms with Crippen LogP contribution in [0.3, 0.4) is 0 Å². The molecule has 17 heavy (non-hydrogen) atoms. The van der Waals surface area contributed by atoms with Crippen molar-refractivity contribution in [2.75, 3.05) is 12.8 Å². The highest BCUT2D eigenvalue weighted by atomic mass is 32.2. The highest BCUT2D eigenvalue weighted by molar-refractivity contribution is 7.90. The number of benzene rings is 1. The molecule has 0 aliphatic heterocycles. The lowest BCUT2D eigenvalue weighted by Crippen LogP contribution is -2.23. The van der Waals surface area contributed by atoms with Crippen LogP contribution in [0, 0.1) is 0 Å². The zero-order valence-electron chi connectivity index (χ0n) is 10.7. The molecule has 1 N–H and O–H groups in total. The first-order valence-electron chi connectivity index (χ1n) is 5.92. The predicted octanol–water partition coefficient (Wildman–Crippen LogP) is 2.02. The molecule has 0 unspecified atom stereocenters. The Kier molecular flexibility index (Phi) is 5.15. The SMILES string of the molecule is CC(C)NCCCc1ccc(S(C)(=O)=O)cc1. The minimum Gasteiger partial charge on any atom is -0.315 e. The van der Waals surface area contributed by atoms with E-state index in [0.29, 0.717) is 10.9 Å². The second-order valence-electron chi connectivity index (χ2n) is 4.63. The van der Waals surface area contributed by atoms with Crippen molar-refractivity contribution in [2.45, 2.75) is 37.6 Å². The summed E-state index contributed by atoms with van der Waals surface area (Å²) in [5.41, 5.74) is 1.18. The molecule has 0 aliphatic carbocycles. The van der Waals surface area contributed by atoms with E-state index in [-0.39, 0.29) is 0 Å². The minimum atomic E-state index is -3.07. The summed E-state index contributed by atoms with van der Waals surface area (Å²) in [5.74, 6) is 0.